The molecule has 0 radical (unpaired) electrons. The Morgan fingerprint density at radius 3 is 1.67 bits per heavy atom. The van der Waals surface area contributed by atoms with E-state index >= 15 is 0 Å². The van der Waals surface area contributed by atoms with Crippen molar-refractivity contribution in [1.82, 2.24) is 9.80 Å². The van der Waals surface area contributed by atoms with E-state index in [-0.39, 0.29) is 25.3 Å². The summed E-state index contributed by atoms with van der Waals surface area (Å²) in [5.74, 6) is 0. The van der Waals surface area contributed by atoms with Crippen LogP contribution in [0.15, 0.2) is 12.4 Å². The summed E-state index contributed by atoms with van der Waals surface area (Å²) in [4.78, 5) is 4.20. The molecule has 0 aliphatic carbocycles. The molecule has 2 atom stereocenters. The lowest BCUT2D eigenvalue weighted by Gasteiger charge is -2.49. The van der Waals surface area contributed by atoms with Gasteiger partial charge in [-0.2, -0.15) is 0 Å². The summed E-state index contributed by atoms with van der Waals surface area (Å²) in [5, 5.41) is 18.2. The fourth-order valence-electron chi connectivity index (χ4n) is 2.00. The quantitative estimate of drug-likeness (QED) is 0.547. The maximum Gasteiger partial charge on any atom is 0.0742 e. The summed E-state index contributed by atoms with van der Waals surface area (Å²) in [6.45, 7) is 2.15. The molecule has 4 nitrogen and oxygen atoms in total. The van der Waals surface area contributed by atoms with Crippen LogP contribution in [-0.2, 0) is 0 Å². The fraction of sp³-hybridized carbons (Fsp3) is 0.750. The predicted octanol–water partition coefficient (Wildman–Crippen LogP) is -1.19. The van der Waals surface area contributed by atoms with Crippen LogP contribution < -0.4 is 0 Å². The molecule has 2 bridgehead atoms. The lowest BCUT2D eigenvalue weighted by molar-refractivity contribution is -0.00280. The van der Waals surface area contributed by atoms with Gasteiger partial charge in [-0.3, -0.25) is 0 Å². The van der Waals surface area contributed by atoms with Crippen LogP contribution in [0.4, 0.5) is 0 Å². The Hall–Kier alpha value is -0.740. The second-order valence-electron chi connectivity index (χ2n) is 3.27. The lowest BCUT2D eigenvalue weighted by Crippen LogP contribution is -2.61. The fourth-order valence-corrected chi connectivity index (χ4v) is 2.00. The molecule has 12 heavy (non-hydrogen) atoms. The van der Waals surface area contributed by atoms with E-state index in [1.165, 1.54) is 0 Å². The van der Waals surface area contributed by atoms with Gasteiger partial charge in [-0.15, -0.1) is 0 Å². The second-order valence-corrected chi connectivity index (χ2v) is 3.27. The minimum atomic E-state index is 0.0775. The van der Waals surface area contributed by atoms with Crippen molar-refractivity contribution in [2.45, 2.75) is 12.1 Å². The number of piperazine rings is 1. The Labute approximate surface area is 71.7 Å². The third-order valence-corrected chi connectivity index (χ3v) is 2.74. The van der Waals surface area contributed by atoms with Gasteiger partial charge < -0.3 is 20.0 Å². The molecule has 2 N–H and O–H groups in total. The van der Waals surface area contributed by atoms with Gasteiger partial charge in [-0.25, -0.2) is 0 Å². The van der Waals surface area contributed by atoms with Gasteiger partial charge in [0.25, 0.3) is 0 Å². The van der Waals surface area contributed by atoms with Gasteiger partial charge in [0, 0.05) is 25.5 Å². The molecule has 3 heterocycles. The van der Waals surface area contributed by atoms with Crippen molar-refractivity contribution in [3.05, 3.63) is 12.4 Å². The zero-order valence-corrected chi connectivity index (χ0v) is 6.93. The zero-order valence-electron chi connectivity index (χ0n) is 6.93. The Balaban J connectivity index is 2.18. The van der Waals surface area contributed by atoms with Gasteiger partial charge in [-0.1, -0.05) is 0 Å². The number of aliphatic hydroxyl groups is 2. The van der Waals surface area contributed by atoms with Crippen molar-refractivity contribution in [3.63, 3.8) is 0 Å². The second kappa shape index (κ2) is 2.95. The molecule has 3 rings (SSSR count). The van der Waals surface area contributed by atoms with E-state index in [0.29, 0.717) is 0 Å². The van der Waals surface area contributed by atoms with Gasteiger partial charge in [0.15, 0.2) is 0 Å². The molecule has 1 fully saturated rings. The third kappa shape index (κ3) is 0.990. The summed E-state index contributed by atoms with van der Waals surface area (Å²) < 4.78 is 0. The maximum absolute atomic E-state index is 9.10. The molecule has 0 spiro atoms. The number of rotatable bonds is 2. The smallest absolute Gasteiger partial charge is 0.0742 e. The topological polar surface area (TPSA) is 46.9 Å². The van der Waals surface area contributed by atoms with E-state index in [1.54, 1.807) is 0 Å². The highest BCUT2D eigenvalue weighted by molar-refractivity contribution is 5.05. The first-order chi connectivity index (χ1) is 5.86. The number of aliphatic hydroxyl groups excluding tert-OH is 2. The van der Waals surface area contributed by atoms with Gasteiger partial charge >= 0.3 is 0 Å². The van der Waals surface area contributed by atoms with Gasteiger partial charge in [0.05, 0.1) is 25.3 Å². The molecule has 4 heteroatoms. The number of hydrogen-bond donors (Lipinski definition) is 2. The summed E-state index contributed by atoms with van der Waals surface area (Å²) in [6.07, 6.45) is 3.97. The first-order valence-corrected chi connectivity index (χ1v) is 4.28. The van der Waals surface area contributed by atoms with Crippen LogP contribution in [0.3, 0.4) is 0 Å². The van der Waals surface area contributed by atoms with E-state index in [9.17, 15) is 0 Å². The van der Waals surface area contributed by atoms with Gasteiger partial charge in [0.2, 0.25) is 0 Å². The highest BCUT2D eigenvalue weighted by Crippen LogP contribution is 2.22. The van der Waals surface area contributed by atoms with Crippen molar-refractivity contribution in [1.29, 1.82) is 0 Å². The molecule has 0 aromatic carbocycles. The lowest BCUT2D eigenvalue weighted by atomic mass is 10.0. The van der Waals surface area contributed by atoms with Crippen molar-refractivity contribution in [2.24, 2.45) is 0 Å². The molecule has 3 aliphatic rings. The van der Waals surface area contributed by atoms with Crippen molar-refractivity contribution in [2.75, 3.05) is 26.3 Å². The molecule has 0 saturated carbocycles. The highest BCUT2D eigenvalue weighted by atomic mass is 16.3. The van der Waals surface area contributed by atoms with Crippen LogP contribution in [0.5, 0.6) is 0 Å². The van der Waals surface area contributed by atoms with E-state index in [1.807, 2.05) is 12.4 Å². The first kappa shape index (κ1) is 7.89. The molecule has 68 valence electrons. The van der Waals surface area contributed by atoms with Crippen molar-refractivity contribution >= 4 is 0 Å². The van der Waals surface area contributed by atoms with E-state index in [4.69, 9.17) is 10.2 Å². The average Bonchev–Trinajstić information content (AvgIpc) is 2.18. The monoisotopic (exact) mass is 170 g/mol. The number of hydrogen-bond acceptors (Lipinski definition) is 4. The van der Waals surface area contributed by atoms with Crippen LogP contribution >= 0.6 is 0 Å². The first-order valence-electron chi connectivity index (χ1n) is 4.28. The Kier molecular flexibility index (Phi) is 1.94. The summed E-state index contributed by atoms with van der Waals surface area (Å²) in [7, 11) is 0. The molecule has 2 unspecified atom stereocenters. The van der Waals surface area contributed by atoms with Crippen molar-refractivity contribution < 1.29 is 10.2 Å². The van der Waals surface area contributed by atoms with Crippen LogP contribution in [0.25, 0.3) is 0 Å². The largest absolute Gasteiger partial charge is 0.394 e. The summed E-state index contributed by atoms with van der Waals surface area (Å²) in [6, 6.07) is 0.155. The number of fused-ring (bicyclic) bond motifs is 2. The minimum Gasteiger partial charge on any atom is -0.394 e. The van der Waals surface area contributed by atoms with E-state index in [0.717, 1.165) is 13.1 Å². The molecular formula is C8H14N2O2. The zero-order chi connectivity index (χ0) is 8.55. The Morgan fingerprint density at radius 2 is 1.42 bits per heavy atom. The third-order valence-electron chi connectivity index (χ3n) is 2.74. The molecular weight excluding hydrogens is 156 g/mol. The normalized spacial score (nSPS) is 33.2. The highest BCUT2D eigenvalue weighted by Gasteiger charge is 2.35. The summed E-state index contributed by atoms with van der Waals surface area (Å²) in [5.41, 5.74) is 0. The van der Waals surface area contributed by atoms with Crippen LogP contribution in [0.2, 0.25) is 0 Å². The minimum absolute atomic E-state index is 0.0775. The summed E-state index contributed by atoms with van der Waals surface area (Å²) >= 11 is 0. The Bertz CT molecular complexity index is 175. The molecule has 3 aliphatic heterocycles. The number of nitrogens with zero attached hydrogens (tertiary/aromatic N) is 2. The van der Waals surface area contributed by atoms with Gasteiger partial charge in [-0.05, 0) is 0 Å². The average molecular weight is 170 g/mol. The molecule has 0 aromatic heterocycles. The van der Waals surface area contributed by atoms with Gasteiger partial charge in [0.1, 0.15) is 0 Å². The predicted molar refractivity (Wildman–Crippen MR) is 44.3 cm³/mol. The van der Waals surface area contributed by atoms with Crippen LogP contribution in [-0.4, -0.2) is 58.4 Å². The molecule has 0 aromatic rings. The standard InChI is InChI=1S/C8H14N2O2/c11-5-7-8(6-12)10-2-1-9(7)3-4-10/h1-2,7-8,11-12H,3-6H2. The maximum atomic E-state index is 9.10. The van der Waals surface area contributed by atoms with Crippen molar-refractivity contribution in [3.8, 4) is 0 Å². The SMILES string of the molecule is OCC1C(CO)N2C=CN1CC2. The Morgan fingerprint density at radius 1 is 1.00 bits per heavy atom. The molecule has 0 amide bonds. The van der Waals surface area contributed by atoms with Crippen LogP contribution in [0.1, 0.15) is 0 Å². The van der Waals surface area contributed by atoms with E-state index < -0.39 is 0 Å². The van der Waals surface area contributed by atoms with Crippen LogP contribution in [0, 0.1) is 0 Å². The van der Waals surface area contributed by atoms with E-state index in [2.05, 4.69) is 9.80 Å². The molecule has 1 saturated heterocycles.